The minimum atomic E-state index is -0.369. The molecule has 7 nitrogen and oxygen atoms in total. The molecule has 2 fully saturated rings. The summed E-state index contributed by atoms with van der Waals surface area (Å²) in [5, 5.41) is 11.4. The Morgan fingerprint density at radius 2 is 1.94 bits per heavy atom. The van der Waals surface area contributed by atoms with Crippen molar-refractivity contribution in [3.63, 3.8) is 0 Å². The second kappa shape index (κ2) is 8.61. The van der Waals surface area contributed by atoms with Crippen LogP contribution in [0.3, 0.4) is 0 Å². The van der Waals surface area contributed by atoms with Gasteiger partial charge in [0.15, 0.2) is 0 Å². The lowest BCUT2D eigenvalue weighted by molar-refractivity contribution is -0.384. The molecule has 2 aromatic carbocycles. The standard InChI is InChI=1S/C26H31N3O4/c1-5-33-24(30)12-18-6-8-20(9-7-18)27-16-19-13-21(29(31)32)10-11-23(19)28-17-26(4)15-22(28)14-25(26,2)3/h6-11,13,16,22H,5,12,14-15,17H2,1-4H3. The van der Waals surface area contributed by atoms with Gasteiger partial charge in [0.25, 0.3) is 5.69 Å². The number of hydrogen-bond acceptors (Lipinski definition) is 6. The number of carbonyl (C=O) groups excluding carboxylic acids is 1. The first-order valence-electron chi connectivity index (χ1n) is 11.5. The Balaban J connectivity index is 1.58. The zero-order chi connectivity index (χ0) is 23.8. The molecule has 1 aliphatic heterocycles. The number of non-ortho nitro benzene ring substituents is 1. The fourth-order valence-electron chi connectivity index (χ4n) is 5.23. The zero-order valence-corrected chi connectivity index (χ0v) is 19.7. The Morgan fingerprint density at radius 3 is 2.52 bits per heavy atom. The van der Waals surface area contributed by atoms with Gasteiger partial charge in [-0.15, -0.1) is 0 Å². The topological polar surface area (TPSA) is 85.0 Å². The van der Waals surface area contributed by atoms with Crippen molar-refractivity contribution in [3.05, 3.63) is 63.7 Å². The van der Waals surface area contributed by atoms with E-state index in [0.29, 0.717) is 12.6 Å². The number of aliphatic imine (C=N–C) groups is 1. The van der Waals surface area contributed by atoms with Gasteiger partial charge in [0.05, 0.1) is 23.6 Å². The van der Waals surface area contributed by atoms with Gasteiger partial charge in [-0.25, -0.2) is 0 Å². The van der Waals surface area contributed by atoms with Crippen LogP contribution in [0, 0.1) is 20.9 Å². The van der Waals surface area contributed by atoms with Gasteiger partial charge in [0, 0.05) is 42.2 Å². The molecule has 2 aliphatic rings. The molecule has 1 heterocycles. The third-order valence-electron chi connectivity index (χ3n) is 7.50. The molecule has 7 heteroatoms. The van der Waals surface area contributed by atoms with Crippen molar-refractivity contribution in [2.24, 2.45) is 15.8 Å². The second-order valence-electron chi connectivity index (χ2n) is 10.0. The van der Waals surface area contributed by atoms with E-state index in [2.05, 4.69) is 30.7 Å². The van der Waals surface area contributed by atoms with Crippen molar-refractivity contribution in [1.82, 2.24) is 0 Å². The summed E-state index contributed by atoms with van der Waals surface area (Å²) in [5.41, 5.74) is 3.88. The van der Waals surface area contributed by atoms with Crippen molar-refractivity contribution < 1.29 is 14.5 Å². The Hall–Kier alpha value is -3.22. The number of esters is 1. The summed E-state index contributed by atoms with van der Waals surface area (Å²) in [4.78, 5) is 29.7. The van der Waals surface area contributed by atoms with Crippen molar-refractivity contribution in [2.45, 2.75) is 53.0 Å². The smallest absolute Gasteiger partial charge is 0.310 e. The van der Waals surface area contributed by atoms with Crippen LogP contribution < -0.4 is 4.90 Å². The van der Waals surface area contributed by atoms with Crippen LogP contribution >= 0.6 is 0 Å². The van der Waals surface area contributed by atoms with Gasteiger partial charge in [-0.3, -0.25) is 19.9 Å². The van der Waals surface area contributed by atoms with E-state index >= 15 is 0 Å². The number of nitro benzene ring substituents is 1. The molecular weight excluding hydrogens is 418 g/mol. The van der Waals surface area contributed by atoms with E-state index in [1.807, 2.05) is 30.3 Å². The van der Waals surface area contributed by atoms with E-state index in [1.165, 1.54) is 0 Å². The lowest BCUT2D eigenvalue weighted by Crippen LogP contribution is -2.44. The van der Waals surface area contributed by atoms with Gasteiger partial charge in [-0.1, -0.05) is 32.9 Å². The molecule has 0 aromatic heterocycles. The minimum absolute atomic E-state index is 0.0564. The highest BCUT2D eigenvalue weighted by atomic mass is 16.6. The molecule has 0 N–H and O–H groups in total. The Morgan fingerprint density at radius 1 is 1.21 bits per heavy atom. The lowest BCUT2D eigenvalue weighted by Gasteiger charge is -2.44. The summed E-state index contributed by atoms with van der Waals surface area (Å²) < 4.78 is 4.99. The van der Waals surface area contributed by atoms with Crippen LogP contribution in [0.5, 0.6) is 0 Å². The van der Waals surface area contributed by atoms with Crippen LogP contribution in [0.1, 0.15) is 51.7 Å². The molecule has 4 rings (SSSR count). The summed E-state index contributed by atoms with van der Waals surface area (Å²) >= 11 is 0. The van der Waals surface area contributed by atoms with Crippen LogP contribution in [0.15, 0.2) is 47.5 Å². The molecule has 0 radical (unpaired) electrons. The Kier molecular flexibility index (Phi) is 5.99. The molecule has 2 unspecified atom stereocenters. The van der Waals surface area contributed by atoms with Crippen molar-refractivity contribution in [1.29, 1.82) is 0 Å². The summed E-state index contributed by atoms with van der Waals surface area (Å²) in [6.07, 6.45) is 4.18. The quantitative estimate of drug-likeness (QED) is 0.242. The van der Waals surface area contributed by atoms with Gasteiger partial charge >= 0.3 is 5.97 Å². The maximum Gasteiger partial charge on any atom is 0.310 e. The predicted octanol–water partition coefficient (Wildman–Crippen LogP) is 5.47. The van der Waals surface area contributed by atoms with E-state index in [4.69, 9.17) is 4.74 Å². The first-order valence-corrected chi connectivity index (χ1v) is 11.5. The van der Waals surface area contributed by atoms with Crippen LogP contribution in [-0.4, -0.2) is 36.3 Å². The molecule has 0 amide bonds. The fraction of sp³-hybridized carbons (Fsp3) is 0.462. The molecule has 33 heavy (non-hydrogen) atoms. The highest BCUT2D eigenvalue weighted by molar-refractivity contribution is 5.91. The Labute approximate surface area is 194 Å². The van der Waals surface area contributed by atoms with Crippen LogP contribution in [0.2, 0.25) is 0 Å². The van der Waals surface area contributed by atoms with Crippen LogP contribution in [0.25, 0.3) is 0 Å². The summed E-state index contributed by atoms with van der Waals surface area (Å²) in [5.74, 6) is -0.258. The lowest BCUT2D eigenvalue weighted by atomic mass is 9.69. The highest BCUT2D eigenvalue weighted by Crippen LogP contribution is 2.59. The van der Waals surface area contributed by atoms with E-state index < -0.39 is 0 Å². The number of rotatable bonds is 7. The van der Waals surface area contributed by atoms with Crippen LogP contribution in [0.4, 0.5) is 17.1 Å². The van der Waals surface area contributed by atoms with Crippen molar-refractivity contribution in [2.75, 3.05) is 18.1 Å². The molecule has 2 aromatic rings. The largest absolute Gasteiger partial charge is 0.466 e. The predicted molar refractivity (Wildman–Crippen MR) is 129 cm³/mol. The highest BCUT2D eigenvalue weighted by Gasteiger charge is 2.57. The zero-order valence-electron chi connectivity index (χ0n) is 19.7. The maximum atomic E-state index is 11.7. The molecular formula is C26H31N3O4. The summed E-state index contributed by atoms with van der Waals surface area (Å²) in [6, 6.07) is 12.8. The van der Waals surface area contributed by atoms with E-state index in [9.17, 15) is 14.9 Å². The summed E-state index contributed by atoms with van der Waals surface area (Å²) in [7, 11) is 0. The number of piperidine rings is 1. The number of nitro groups is 1. The van der Waals surface area contributed by atoms with E-state index in [-0.39, 0.29) is 33.8 Å². The monoisotopic (exact) mass is 449 g/mol. The number of nitrogens with zero attached hydrogens (tertiary/aromatic N) is 3. The average Bonchev–Trinajstić information content (AvgIpc) is 3.21. The number of anilines is 1. The molecule has 2 atom stereocenters. The Bertz CT molecular complexity index is 1090. The first-order chi connectivity index (χ1) is 15.6. The number of benzene rings is 2. The fourth-order valence-corrected chi connectivity index (χ4v) is 5.23. The van der Waals surface area contributed by atoms with Crippen molar-refractivity contribution in [3.8, 4) is 0 Å². The SMILES string of the molecule is CCOC(=O)Cc1ccc(N=Cc2cc([N+](=O)[O-])ccc2N2CC3(C)CC2CC3(C)C)cc1. The molecule has 1 aliphatic carbocycles. The molecule has 174 valence electrons. The first kappa shape index (κ1) is 23.0. The van der Waals surface area contributed by atoms with Gasteiger partial charge < -0.3 is 9.64 Å². The third kappa shape index (κ3) is 4.49. The van der Waals surface area contributed by atoms with E-state index in [1.54, 1.807) is 25.3 Å². The molecule has 1 saturated heterocycles. The van der Waals surface area contributed by atoms with Gasteiger partial charge in [-0.2, -0.15) is 0 Å². The maximum absolute atomic E-state index is 11.7. The minimum Gasteiger partial charge on any atom is -0.466 e. The van der Waals surface area contributed by atoms with E-state index in [0.717, 1.165) is 41.9 Å². The second-order valence-corrected chi connectivity index (χ2v) is 10.0. The van der Waals surface area contributed by atoms with Gasteiger partial charge in [0.1, 0.15) is 0 Å². The normalized spacial score (nSPS) is 23.3. The molecule has 1 saturated carbocycles. The molecule has 2 bridgehead atoms. The van der Waals surface area contributed by atoms with Crippen molar-refractivity contribution >= 4 is 29.2 Å². The summed E-state index contributed by atoms with van der Waals surface area (Å²) in [6.45, 7) is 10.1. The average molecular weight is 450 g/mol. The van der Waals surface area contributed by atoms with Gasteiger partial charge in [-0.05, 0) is 54.4 Å². The number of carbonyl (C=O) groups is 1. The third-order valence-corrected chi connectivity index (χ3v) is 7.50. The number of fused-ring (bicyclic) bond motifs is 2. The molecule has 0 spiro atoms. The van der Waals surface area contributed by atoms with Gasteiger partial charge in [0.2, 0.25) is 0 Å². The number of hydrogen-bond donors (Lipinski definition) is 0. The van der Waals surface area contributed by atoms with Crippen LogP contribution in [-0.2, 0) is 16.0 Å². The number of ether oxygens (including phenoxy) is 1.